The summed E-state index contributed by atoms with van der Waals surface area (Å²) < 4.78 is 8.73. The molecule has 15 heavy (non-hydrogen) atoms. The van der Waals surface area contributed by atoms with E-state index in [1.165, 1.54) is 6.92 Å². The zero-order valence-electron chi connectivity index (χ0n) is 9.30. The first-order valence-electron chi connectivity index (χ1n) is 4.53. The highest BCUT2D eigenvalue weighted by molar-refractivity contribution is 9.10. The van der Waals surface area contributed by atoms with E-state index in [2.05, 4.69) is 15.9 Å². The summed E-state index contributed by atoms with van der Waals surface area (Å²) in [5, 5.41) is 0. The van der Waals surface area contributed by atoms with Crippen LogP contribution in [0.4, 0.5) is 0 Å². The lowest BCUT2D eigenvalue weighted by Gasteiger charge is -2.12. The van der Waals surface area contributed by atoms with Crippen LogP contribution in [0.25, 0.3) is 0 Å². The van der Waals surface area contributed by atoms with E-state index in [0.717, 1.165) is 6.26 Å². The van der Waals surface area contributed by atoms with Crippen LogP contribution in [0.2, 0.25) is 0 Å². The summed E-state index contributed by atoms with van der Waals surface area (Å²) in [6, 6.07) is 0. The summed E-state index contributed by atoms with van der Waals surface area (Å²) in [5.41, 5.74) is 0.252. The van der Waals surface area contributed by atoms with Crippen LogP contribution in [0.15, 0.2) is 11.8 Å². The Bertz CT molecular complexity index is 276. The molecular weight excluding hydrogens is 264 g/mol. The summed E-state index contributed by atoms with van der Waals surface area (Å²) in [4.78, 5) is 22.4. The number of halogens is 1. The van der Waals surface area contributed by atoms with E-state index < -0.39 is 16.3 Å². The average Bonchev–Trinajstić information content (AvgIpc) is 2.12. The van der Waals surface area contributed by atoms with Crippen molar-refractivity contribution in [1.82, 2.24) is 0 Å². The second kappa shape index (κ2) is 5.90. The first-order chi connectivity index (χ1) is 6.79. The molecule has 0 aliphatic heterocycles. The van der Waals surface area contributed by atoms with E-state index in [9.17, 15) is 9.59 Å². The molecule has 5 heteroatoms. The first kappa shape index (κ1) is 14.2. The predicted octanol–water partition coefficient (Wildman–Crippen LogP) is 2.17. The van der Waals surface area contributed by atoms with Crippen molar-refractivity contribution in [1.29, 1.82) is 0 Å². The molecule has 0 spiro atoms. The Balaban J connectivity index is 4.29. The van der Waals surface area contributed by atoms with Crippen LogP contribution in [0.5, 0.6) is 0 Å². The average molecular weight is 279 g/mol. The lowest BCUT2D eigenvalue weighted by Crippen LogP contribution is -2.25. The lowest BCUT2D eigenvalue weighted by molar-refractivity contribution is -0.140. The van der Waals surface area contributed by atoms with Gasteiger partial charge in [-0.25, -0.2) is 4.79 Å². The van der Waals surface area contributed by atoms with Gasteiger partial charge in [-0.1, -0.05) is 15.9 Å². The maximum Gasteiger partial charge on any atom is 0.336 e. The number of carbonyl (C=O) groups is 2. The van der Waals surface area contributed by atoms with Crippen LogP contribution in [0.3, 0.4) is 0 Å². The Kier molecular flexibility index (Phi) is 5.57. The van der Waals surface area contributed by atoms with Gasteiger partial charge >= 0.3 is 11.9 Å². The largest absolute Gasteiger partial charge is 0.463 e. The molecule has 0 amide bonds. The summed E-state index contributed by atoms with van der Waals surface area (Å²) >= 11 is 3.14. The van der Waals surface area contributed by atoms with Gasteiger partial charge in [-0.05, 0) is 27.7 Å². The van der Waals surface area contributed by atoms with Crippen molar-refractivity contribution in [3.05, 3.63) is 11.8 Å². The normalized spacial score (nSPS) is 12.2. The molecule has 0 fully saturated rings. The van der Waals surface area contributed by atoms with Gasteiger partial charge in [0.2, 0.25) is 0 Å². The molecule has 0 heterocycles. The molecule has 0 rings (SSSR count). The minimum atomic E-state index is -0.765. The summed E-state index contributed by atoms with van der Waals surface area (Å²) in [5.74, 6) is -0.955. The zero-order valence-corrected chi connectivity index (χ0v) is 10.9. The molecule has 0 aliphatic rings. The second-order valence-corrected chi connectivity index (χ2v) is 5.38. The van der Waals surface area contributed by atoms with Crippen molar-refractivity contribution in [3.8, 4) is 0 Å². The van der Waals surface area contributed by atoms with Crippen LogP contribution in [-0.4, -0.2) is 22.9 Å². The van der Waals surface area contributed by atoms with Crippen molar-refractivity contribution in [2.45, 2.75) is 32.0 Å². The van der Waals surface area contributed by atoms with Crippen LogP contribution in [-0.2, 0) is 19.1 Å². The third-order valence-electron chi connectivity index (χ3n) is 1.43. The fourth-order valence-corrected chi connectivity index (χ4v) is 0.669. The van der Waals surface area contributed by atoms with Crippen molar-refractivity contribution in [2.75, 3.05) is 6.61 Å². The third kappa shape index (κ3) is 5.57. The standard InChI is InChI=1S/C10H15BrO4/c1-5-14-8(12)7(2)6-15-9(13)10(3,4)11/h6H,5H2,1-4H3/b7-6+. The van der Waals surface area contributed by atoms with Gasteiger partial charge in [0, 0.05) is 0 Å². The summed E-state index contributed by atoms with van der Waals surface area (Å²) in [6.07, 6.45) is 1.10. The molecule has 0 bridgehead atoms. The fourth-order valence-electron chi connectivity index (χ4n) is 0.575. The summed E-state index contributed by atoms with van der Waals surface area (Å²) in [6.45, 7) is 6.83. The van der Waals surface area contributed by atoms with Crippen LogP contribution < -0.4 is 0 Å². The van der Waals surface area contributed by atoms with Gasteiger partial charge in [0.15, 0.2) is 0 Å². The molecule has 0 aromatic heterocycles. The van der Waals surface area contributed by atoms with Gasteiger partial charge in [-0.15, -0.1) is 0 Å². The molecule has 86 valence electrons. The molecule has 0 unspecified atom stereocenters. The number of ether oxygens (including phenoxy) is 2. The van der Waals surface area contributed by atoms with Crippen LogP contribution in [0.1, 0.15) is 27.7 Å². The molecule has 0 saturated heterocycles. The maximum atomic E-state index is 11.3. The number of hydrogen-bond acceptors (Lipinski definition) is 4. The number of esters is 2. The van der Waals surface area contributed by atoms with Gasteiger partial charge in [-0.3, -0.25) is 4.79 Å². The molecule has 4 nitrogen and oxygen atoms in total. The van der Waals surface area contributed by atoms with E-state index in [1.54, 1.807) is 20.8 Å². The molecule has 0 aliphatic carbocycles. The quantitative estimate of drug-likeness (QED) is 0.342. The Morgan fingerprint density at radius 1 is 1.40 bits per heavy atom. The highest BCUT2D eigenvalue weighted by atomic mass is 79.9. The van der Waals surface area contributed by atoms with E-state index in [-0.39, 0.29) is 5.57 Å². The topological polar surface area (TPSA) is 52.6 Å². The monoisotopic (exact) mass is 278 g/mol. The number of alkyl halides is 1. The lowest BCUT2D eigenvalue weighted by atomic mass is 10.2. The fraction of sp³-hybridized carbons (Fsp3) is 0.600. The van der Waals surface area contributed by atoms with Gasteiger partial charge in [0.05, 0.1) is 12.2 Å². The molecule has 0 aromatic rings. The molecule has 0 N–H and O–H groups in total. The Morgan fingerprint density at radius 2 is 1.93 bits per heavy atom. The highest BCUT2D eigenvalue weighted by Crippen LogP contribution is 2.17. The molecule has 0 saturated carbocycles. The Hall–Kier alpha value is -0.840. The SMILES string of the molecule is CCOC(=O)/C(C)=C/OC(=O)C(C)(C)Br. The van der Waals surface area contributed by atoms with Crippen molar-refractivity contribution in [2.24, 2.45) is 0 Å². The third-order valence-corrected chi connectivity index (χ3v) is 1.75. The van der Waals surface area contributed by atoms with Crippen LogP contribution >= 0.6 is 15.9 Å². The minimum absolute atomic E-state index is 0.252. The van der Waals surface area contributed by atoms with Crippen molar-refractivity contribution >= 4 is 27.9 Å². The van der Waals surface area contributed by atoms with E-state index >= 15 is 0 Å². The van der Waals surface area contributed by atoms with Gasteiger partial charge in [0.25, 0.3) is 0 Å². The van der Waals surface area contributed by atoms with Crippen molar-refractivity contribution in [3.63, 3.8) is 0 Å². The van der Waals surface area contributed by atoms with Gasteiger partial charge in [0.1, 0.15) is 10.6 Å². The zero-order chi connectivity index (χ0) is 12.1. The first-order valence-corrected chi connectivity index (χ1v) is 5.32. The van der Waals surface area contributed by atoms with Crippen LogP contribution in [0, 0.1) is 0 Å². The predicted molar refractivity (Wildman–Crippen MR) is 59.5 cm³/mol. The number of carbonyl (C=O) groups excluding carboxylic acids is 2. The van der Waals surface area contributed by atoms with Crippen molar-refractivity contribution < 1.29 is 19.1 Å². The van der Waals surface area contributed by atoms with E-state index in [4.69, 9.17) is 9.47 Å². The molecule has 0 radical (unpaired) electrons. The molecule has 0 atom stereocenters. The number of rotatable bonds is 4. The Morgan fingerprint density at radius 3 is 2.33 bits per heavy atom. The highest BCUT2D eigenvalue weighted by Gasteiger charge is 2.25. The number of hydrogen-bond donors (Lipinski definition) is 0. The molecular formula is C10H15BrO4. The maximum absolute atomic E-state index is 11.3. The molecule has 0 aromatic carbocycles. The Labute approximate surface area is 97.8 Å². The minimum Gasteiger partial charge on any atom is -0.463 e. The van der Waals surface area contributed by atoms with Gasteiger partial charge in [-0.2, -0.15) is 0 Å². The van der Waals surface area contributed by atoms with Gasteiger partial charge < -0.3 is 9.47 Å². The summed E-state index contributed by atoms with van der Waals surface area (Å²) in [7, 11) is 0. The smallest absolute Gasteiger partial charge is 0.336 e. The van der Waals surface area contributed by atoms with E-state index in [1.807, 2.05) is 0 Å². The van der Waals surface area contributed by atoms with E-state index in [0.29, 0.717) is 6.61 Å². The second-order valence-electron chi connectivity index (χ2n) is 3.40.